The Morgan fingerprint density at radius 2 is 2.53 bits per heavy atom. The second-order valence-corrected chi connectivity index (χ2v) is 4.23. The molecule has 1 aromatic heterocycles. The van der Waals surface area contributed by atoms with Crippen LogP contribution in [0.15, 0.2) is 6.33 Å². The van der Waals surface area contributed by atoms with Gasteiger partial charge in [-0.2, -0.15) is 0 Å². The van der Waals surface area contributed by atoms with E-state index in [2.05, 4.69) is 27.8 Å². The maximum atomic E-state index is 4.11. The van der Waals surface area contributed by atoms with Crippen molar-refractivity contribution in [2.75, 3.05) is 13.1 Å². The molecule has 1 aliphatic rings. The van der Waals surface area contributed by atoms with Gasteiger partial charge in [-0.05, 0) is 26.3 Å². The minimum Gasteiger partial charge on any atom is -0.319 e. The average molecular weight is 209 g/mol. The van der Waals surface area contributed by atoms with Crippen LogP contribution < -0.4 is 10.6 Å². The molecule has 0 bridgehead atoms. The molecule has 0 amide bonds. The Kier molecular flexibility index (Phi) is 3.33. The molecule has 1 saturated heterocycles. The van der Waals surface area contributed by atoms with E-state index in [1.807, 2.05) is 11.6 Å². The highest BCUT2D eigenvalue weighted by molar-refractivity contribution is 4.93. The lowest BCUT2D eigenvalue weighted by molar-refractivity contribution is 0.353. The quantitative estimate of drug-likeness (QED) is 0.747. The zero-order chi connectivity index (χ0) is 10.7. The molecule has 0 saturated carbocycles. The predicted molar refractivity (Wildman–Crippen MR) is 58.4 cm³/mol. The number of piperidine rings is 1. The smallest absolute Gasteiger partial charge is 0.149 e. The van der Waals surface area contributed by atoms with Gasteiger partial charge in [0.2, 0.25) is 0 Å². The molecule has 1 aromatic rings. The zero-order valence-electron chi connectivity index (χ0n) is 9.40. The van der Waals surface area contributed by atoms with Gasteiger partial charge in [-0.3, -0.25) is 0 Å². The second-order valence-electron chi connectivity index (χ2n) is 4.23. The molecule has 1 aliphatic heterocycles. The van der Waals surface area contributed by atoms with E-state index in [-0.39, 0.29) is 6.04 Å². The number of nitrogens with one attached hydrogen (secondary N) is 2. The zero-order valence-corrected chi connectivity index (χ0v) is 9.40. The highest BCUT2D eigenvalue weighted by Crippen LogP contribution is 2.11. The Balaban J connectivity index is 1.91. The molecule has 84 valence electrons. The van der Waals surface area contributed by atoms with Gasteiger partial charge >= 0.3 is 0 Å². The van der Waals surface area contributed by atoms with Crippen molar-refractivity contribution in [3.63, 3.8) is 0 Å². The van der Waals surface area contributed by atoms with Crippen LogP contribution in [0.5, 0.6) is 0 Å². The maximum Gasteiger partial charge on any atom is 0.149 e. The summed E-state index contributed by atoms with van der Waals surface area (Å²) in [6.45, 7) is 4.34. The monoisotopic (exact) mass is 209 g/mol. The van der Waals surface area contributed by atoms with E-state index in [0.29, 0.717) is 6.04 Å². The number of hydrogen-bond acceptors (Lipinski definition) is 4. The van der Waals surface area contributed by atoms with Gasteiger partial charge in [0.1, 0.15) is 12.2 Å². The third kappa shape index (κ3) is 2.54. The minimum absolute atomic E-state index is 0.266. The van der Waals surface area contributed by atoms with Gasteiger partial charge < -0.3 is 15.2 Å². The Bertz CT molecular complexity index is 303. The predicted octanol–water partition coefficient (Wildman–Crippen LogP) is 0.218. The van der Waals surface area contributed by atoms with E-state index in [0.717, 1.165) is 18.9 Å². The van der Waals surface area contributed by atoms with Gasteiger partial charge in [0.15, 0.2) is 0 Å². The van der Waals surface area contributed by atoms with E-state index in [4.69, 9.17) is 0 Å². The minimum atomic E-state index is 0.266. The van der Waals surface area contributed by atoms with Crippen LogP contribution in [0.2, 0.25) is 0 Å². The SMILES string of the molecule is CC(NC1CCCNC1)c1nncn1C. The number of aryl methyl sites for hydroxylation is 1. The van der Waals surface area contributed by atoms with Crippen LogP contribution in [-0.4, -0.2) is 33.9 Å². The molecule has 0 aliphatic carbocycles. The van der Waals surface area contributed by atoms with E-state index >= 15 is 0 Å². The Morgan fingerprint density at radius 1 is 1.67 bits per heavy atom. The fourth-order valence-electron chi connectivity index (χ4n) is 2.11. The molecule has 2 rings (SSSR count). The highest BCUT2D eigenvalue weighted by atomic mass is 15.3. The summed E-state index contributed by atoms with van der Waals surface area (Å²) in [6, 6.07) is 0.827. The Labute approximate surface area is 90.3 Å². The lowest BCUT2D eigenvalue weighted by Gasteiger charge is -2.26. The third-order valence-electron chi connectivity index (χ3n) is 2.92. The lowest BCUT2D eigenvalue weighted by atomic mass is 10.1. The summed E-state index contributed by atoms with van der Waals surface area (Å²) < 4.78 is 1.97. The summed E-state index contributed by atoms with van der Waals surface area (Å²) in [6.07, 6.45) is 4.24. The fourth-order valence-corrected chi connectivity index (χ4v) is 2.11. The average Bonchev–Trinajstić information content (AvgIpc) is 2.66. The molecule has 2 N–H and O–H groups in total. The molecular formula is C10H19N5. The van der Waals surface area contributed by atoms with Crippen molar-refractivity contribution in [3.8, 4) is 0 Å². The molecule has 0 spiro atoms. The second kappa shape index (κ2) is 4.72. The standard InChI is InChI=1S/C10H19N5/c1-8(10-14-12-7-15(10)2)13-9-4-3-5-11-6-9/h7-9,11,13H,3-6H2,1-2H3. The molecule has 0 aromatic carbocycles. The molecule has 1 fully saturated rings. The van der Waals surface area contributed by atoms with Crippen molar-refractivity contribution < 1.29 is 0 Å². The molecule has 0 radical (unpaired) electrons. The summed E-state index contributed by atoms with van der Waals surface area (Å²) in [4.78, 5) is 0. The first-order chi connectivity index (χ1) is 7.27. The van der Waals surface area contributed by atoms with Crippen LogP contribution in [0.3, 0.4) is 0 Å². The first-order valence-electron chi connectivity index (χ1n) is 5.58. The molecular weight excluding hydrogens is 190 g/mol. The first-order valence-corrected chi connectivity index (χ1v) is 5.58. The summed E-state index contributed by atoms with van der Waals surface area (Å²) in [5.74, 6) is 1.00. The van der Waals surface area contributed by atoms with Crippen molar-refractivity contribution in [3.05, 3.63) is 12.2 Å². The third-order valence-corrected chi connectivity index (χ3v) is 2.92. The lowest BCUT2D eigenvalue weighted by Crippen LogP contribution is -2.44. The molecule has 5 heteroatoms. The molecule has 2 atom stereocenters. The van der Waals surface area contributed by atoms with Crippen molar-refractivity contribution in [2.45, 2.75) is 31.8 Å². The van der Waals surface area contributed by atoms with E-state index < -0.39 is 0 Å². The summed E-state index contributed by atoms with van der Waals surface area (Å²) >= 11 is 0. The summed E-state index contributed by atoms with van der Waals surface area (Å²) in [5.41, 5.74) is 0. The number of nitrogens with zero attached hydrogens (tertiary/aromatic N) is 3. The van der Waals surface area contributed by atoms with Gasteiger partial charge in [0.25, 0.3) is 0 Å². The van der Waals surface area contributed by atoms with Crippen LogP contribution in [-0.2, 0) is 7.05 Å². The molecule has 15 heavy (non-hydrogen) atoms. The molecule has 5 nitrogen and oxygen atoms in total. The van der Waals surface area contributed by atoms with Crippen molar-refractivity contribution >= 4 is 0 Å². The normalized spacial score (nSPS) is 24.0. The van der Waals surface area contributed by atoms with E-state index in [9.17, 15) is 0 Å². The van der Waals surface area contributed by atoms with Gasteiger partial charge in [-0.15, -0.1) is 10.2 Å². The summed E-state index contributed by atoms with van der Waals surface area (Å²) in [5, 5.41) is 15.0. The van der Waals surface area contributed by atoms with Crippen molar-refractivity contribution in [1.82, 2.24) is 25.4 Å². The number of rotatable bonds is 3. The number of hydrogen-bond donors (Lipinski definition) is 2. The maximum absolute atomic E-state index is 4.11. The fraction of sp³-hybridized carbons (Fsp3) is 0.800. The number of aromatic nitrogens is 3. The van der Waals surface area contributed by atoms with Gasteiger partial charge in [-0.25, -0.2) is 0 Å². The topological polar surface area (TPSA) is 54.8 Å². The van der Waals surface area contributed by atoms with Crippen LogP contribution in [0.4, 0.5) is 0 Å². The molecule has 2 unspecified atom stereocenters. The Morgan fingerprint density at radius 3 is 3.13 bits per heavy atom. The first kappa shape index (κ1) is 10.6. The van der Waals surface area contributed by atoms with E-state index in [1.165, 1.54) is 12.8 Å². The van der Waals surface area contributed by atoms with Crippen molar-refractivity contribution in [2.24, 2.45) is 7.05 Å². The van der Waals surface area contributed by atoms with Crippen LogP contribution in [0.1, 0.15) is 31.6 Å². The van der Waals surface area contributed by atoms with Crippen LogP contribution in [0.25, 0.3) is 0 Å². The Hall–Kier alpha value is -0.940. The van der Waals surface area contributed by atoms with Gasteiger partial charge in [0.05, 0.1) is 6.04 Å². The van der Waals surface area contributed by atoms with Crippen LogP contribution >= 0.6 is 0 Å². The van der Waals surface area contributed by atoms with E-state index in [1.54, 1.807) is 6.33 Å². The van der Waals surface area contributed by atoms with Gasteiger partial charge in [0, 0.05) is 19.6 Å². The molecule has 2 heterocycles. The van der Waals surface area contributed by atoms with Crippen LogP contribution in [0, 0.1) is 0 Å². The highest BCUT2D eigenvalue weighted by Gasteiger charge is 2.18. The summed E-state index contributed by atoms with van der Waals surface area (Å²) in [7, 11) is 1.98. The van der Waals surface area contributed by atoms with Crippen molar-refractivity contribution in [1.29, 1.82) is 0 Å². The van der Waals surface area contributed by atoms with Gasteiger partial charge in [-0.1, -0.05) is 0 Å². The largest absolute Gasteiger partial charge is 0.319 e.